The molecule has 3 unspecified atom stereocenters. The lowest BCUT2D eigenvalue weighted by atomic mass is 9.75. The van der Waals surface area contributed by atoms with E-state index in [-0.39, 0.29) is 0 Å². The Morgan fingerprint density at radius 2 is 2.14 bits per heavy atom. The molecule has 0 radical (unpaired) electrons. The molecule has 0 spiro atoms. The lowest BCUT2D eigenvalue weighted by Crippen LogP contribution is -2.30. The van der Waals surface area contributed by atoms with Crippen LogP contribution in [0, 0.1) is 11.3 Å². The largest absolute Gasteiger partial charge is 0.314 e. The summed E-state index contributed by atoms with van der Waals surface area (Å²) in [7, 11) is 0. The smallest absolute Gasteiger partial charge is 0.00725 e. The minimum atomic E-state index is 0.611. The molecule has 0 aliphatic heterocycles. The van der Waals surface area contributed by atoms with Gasteiger partial charge in [-0.05, 0) is 43.6 Å². The monoisotopic (exact) mass is 197 g/mol. The summed E-state index contributed by atoms with van der Waals surface area (Å²) in [5, 5.41) is 3.67. The zero-order chi connectivity index (χ0) is 10.6. The summed E-state index contributed by atoms with van der Waals surface area (Å²) in [5.74, 6) is 0.885. The predicted octanol–water partition coefficient (Wildman–Crippen LogP) is 3.59. The van der Waals surface area contributed by atoms with Crippen LogP contribution in [0.1, 0.15) is 59.8 Å². The second kappa shape index (κ2) is 5.16. The molecule has 14 heavy (non-hydrogen) atoms. The van der Waals surface area contributed by atoms with Crippen molar-refractivity contribution in [2.75, 3.05) is 6.54 Å². The van der Waals surface area contributed by atoms with Crippen LogP contribution < -0.4 is 5.32 Å². The Morgan fingerprint density at radius 1 is 1.43 bits per heavy atom. The zero-order valence-electron chi connectivity index (χ0n) is 10.4. The first-order valence-corrected chi connectivity index (χ1v) is 6.35. The van der Waals surface area contributed by atoms with Crippen molar-refractivity contribution >= 4 is 0 Å². The van der Waals surface area contributed by atoms with Gasteiger partial charge in [0.05, 0.1) is 0 Å². The van der Waals surface area contributed by atoms with Crippen molar-refractivity contribution < 1.29 is 0 Å². The molecule has 1 aliphatic rings. The first-order valence-electron chi connectivity index (χ1n) is 6.35. The summed E-state index contributed by atoms with van der Waals surface area (Å²) in [6.45, 7) is 10.7. The lowest BCUT2D eigenvalue weighted by Gasteiger charge is -2.31. The fourth-order valence-corrected chi connectivity index (χ4v) is 2.73. The van der Waals surface area contributed by atoms with E-state index in [0.29, 0.717) is 5.41 Å². The van der Waals surface area contributed by atoms with Gasteiger partial charge in [0.1, 0.15) is 0 Å². The van der Waals surface area contributed by atoms with E-state index in [1.54, 1.807) is 0 Å². The van der Waals surface area contributed by atoms with Crippen LogP contribution in [0.4, 0.5) is 0 Å². The summed E-state index contributed by atoms with van der Waals surface area (Å²) < 4.78 is 0. The molecular formula is C13H27N. The second-order valence-corrected chi connectivity index (χ2v) is 5.36. The van der Waals surface area contributed by atoms with Crippen LogP contribution >= 0.6 is 0 Å². The number of hydrogen-bond donors (Lipinski definition) is 1. The molecule has 1 rings (SSSR count). The molecule has 1 saturated carbocycles. The molecule has 0 aromatic heterocycles. The Balaban J connectivity index is 2.38. The van der Waals surface area contributed by atoms with E-state index in [1.807, 2.05) is 0 Å². The van der Waals surface area contributed by atoms with E-state index < -0.39 is 0 Å². The fraction of sp³-hybridized carbons (Fsp3) is 1.00. The van der Waals surface area contributed by atoms with Gasteiger partial charge in [-0.25, -0.2) is 0 Å². The standard InChI is InChI=1S/C13H27N/c1-5-9-14-12-7-8-13(4,10-12)11(3)6-2/h11-12,14H,5-10H2,1-4H3. The molecule has 0 aromatic carbocycles. The number of nitrogens with one attached hydrogen (secondary N) is 1. The van der Waals surface area contributed by atoms with E-state index in [4.69, 9.17) is 0 Å². The minimum absolute atomic E-state index is 0.611. The van der Waals surface area contributed by atoms with Crippen molar-refractivity contribution in [2.45, 2.75) is 65.8 Å². The van der Waals surface area contributed by atoms with E-state index >= 15 is 0 Å². The highest BCUT2D eigenvalue weighted by molar-refractivity contribution is 4.91. The average Bonchev–Trinajstić information content (AvgIpc) is 2.57. The van der Waals surface area contributed by atoms with E-state index in [9.17, 15) is 0 Å². The predicted molar refractivity (Wildman–Crippen MR) is 63.5 cm³/mol. The fourth-order valence-electron chi connectivity index (χ4n) is 2.73. The van der Waals surface area contributed by atoms with Gasteiger partial charge in [0.15, 0.2) is 0 Å². The molecule has 0 bridgehead atoms. The zero-order valence-corrected chi connectivity index (χ0v) is 10.4. The van der Waals surface area contributed by atoms with Crippen LogP contribution in [-0.2, 0) is 0 Å². The molecule has 84 valence electrons. The summed E-state index contributed by atoms with van der Waals surface area (Å²) in [6.07, 6.45) is 6.79. The maximum absolute atomic E-state index is 3.67. The van der Waals surface area contributed by atoms with Crippen molar-refractivity contribution in [3.63, 3.8) is 0 Å². The maximum atomic E-state index is 3.67. The van der Waals surface area contributed by atoms with Crippen molar-refractivity contribution in [1.29, 1.82) is 0 Å². The highest BCUT2D eigenvalue weighted by Gasteiger charge is 2.37. The van der Waals surface area contributed by atoms with Gasteiger partial charge in [-0.2, -0.15) is 0 Å². The van der Waals surface area contributed by atoms with Crippen molar-refractivity contribution in [2.24, 2.45) is 11.3 Å². The van der Waals surface area contributed by atoms with Gasteiger partial charge >= 0.3 is 0 Å². The Bertz CT molecular complexity index is 167. The first kappa shape index (κ1) is 12.0. The van der Waals surface area contributed by atoms with Crippen molar-refractivity contribution in [3.8, 4) is 0 Å². The van der Waals surface area contributed by atoms with Crippen LogP contribution in [0.2, 0.25) is 0 Å². The second-order valence-electron chi connectivity index (χ2n) is 5.36. The van der Waals surface area contributed by atoms with Gasteiger partial charge in [-0.1, -0.05) is 34.1 Å². The maximum Gasteiger partial charge on any atom is 0.00725 e. The molecule has 0 heterocycles. The van der Waals surface area contributed by atoms with Gasteiger partial charge in [-0.3, -0.25) is 0 Å². The van der Waals surface area contributed by atoms with Crippen molar-refractivity contribution in [1.82, 2.24) is 5.32 Å². The SMILES string of the molecule is CCCNC1CCC(C)(C(C)CC)C1. The first-order chi connectivity index (χ1) is 6.62. The number of rotatable bonds is 5. The molecule has 1 heteroatoms. The van der Waals surface area contributed by atoms with Gasteiger partial charge < -0.3 is 5.32 Å². The van der Waals surface area contributed by atoms with Gasteiger partial charge in [-0.15, -0.1) is 0 Å². The quantitative estimate of drug-likeness (QED) is 0.710. The summed E-state index contributed by atoms with van der Waals surface area (Å²) in [6, 6.07) is 0.800. The molecule has 0 saturated heterocycles. The van der Waals surface area contributed by atoms with E-state index in [0.717, 1.165) is 12.0 Å². The average molecular weight is 197 g/mol. The summed E-state index contributed by atoms with van der Waals surface area (Å²) in [4.78, 5) is 0. The van der Waals surface area contributed by atoms with E-state index in [1.165, 1.54) is 38.6 Å². The van der Waals surface area contributed by atoms with Crippen LogP contribution in [0.3, 0.4) is 0 Å². The molecule has 1 nitrogen and oxygen atoms in total. The Morgan fingerprint density at radius 3 is 2.71 bits per heavy atom. The highest BCUT2D eigenvalue weighted by Crippen LogP contribution is 2.44. The topological polar surface area (TPSA) is 12.0 Å². The van der Waals surface area contributed by atoms with Gasteiger partial charge in [0.2, 0.25) is 0 Å². The lowest BCUT2D eigenvalue weighted by molar-refractivity contribution is 0.198. The Labute approximate surface area is 89.7 Å². The molecule has 3 atom stereocenters. The van der Waals surface area contributed by atoms with Crippen LogP contribution in [-0.4, -0.2) is 12.6 Å². The van der Waals surface area contributed by atoms with Crippen LogP contribution in [0.5, 0.6) is 0 Å². The molecule has 1 aliphatic carbocycles. The molecule has 1 N–H and O–H groups in total. The Kier molecular flexibility index (Phi) is 4.43. The molecule has 1 fully saturated rings. The summed E-state index contributed by atoms with van der Waals surface area (Å²) in [5.41, 5.74) is 0.611. The van der Waals surface area contributed by atoms with Crippen LogP contribution in [0.15, 0.2) is 0 Å². The molecule has 0 aromatic rings. The third kappa shape index (κ3) is 2.73. The Hall–Kier alpha value is -0.0400. The van der Waals surface area contributed by atoms with E-state index in [2.05, 4.69) is 33.0 Å². The number of hydrogen-bond acceptors (Lipinski definition) is 1. The highest BCUT2D eigenvalue weighted by atomic mass is 14.9. The molecular weight excluding hydrogens is 170 g/mol. The minimum Gasteiger partial charge on any atom is -0.314 e. The van der Waals surface area contributed by atoms with Crippen molar-refractivity contribution in [3.05, 3.63) is 0 Å². The molecule has 0 amide bonds. The normalized spacial score (nSPS) is 34.7. The third-order valence-corrected chi connectivity index (χ3v) is 4.26. The summed E-state index contributed by atoms with van der Waals surface area (Å²) >= 11 is 0. The van der Waals surface area contributed by atoms with Crippen LogP contribution in [0.25, 0.3) is 0 Å². The van der Waals surface area contributed by atoms with Gasteiger partial charge in [0.25, 0.3) is 0 Å². The third-order valence-electron chi connectivity index (χ3n) is 4.26. The van der Waals surface area contributed by atoms with Gasteiger partial charge in [0, 0.05) is 6.04 Å².